The standard InChI is InChI=1S/C64H116N12O13/c1-25-27-28-40(13)52(77)51-56(81)68-43(26-2)58(83)70(18)44(29-30-65)59(84)74(22)48(34-64(16,17)89)55(80)69-49(38(9)10)62(87)71(19)45(31-35(3)4)54(79)66-41(14)53(78)67-42(15)57(82)72(20)46(32-36(5)6)60(85)73(21)47(33-37(7)8)61(86)75(23)50(39(11)12)63(88)76(51)24/h25,27,35-52,77,89H,26,28-34,65H2,1-24H3,(H,66,79)(H,67,78)(H,68,81)(H,69,80)/b27-25+/t40-,41+,42-,43+,44-,45+,46+,47+,48+,49+,50+,51+,52-/m1/s1. The molecule has 0 aromatic rings. The van der Waals surface area contributed by atoms with Gasteiger partial charge in [-0.2, -0.15) is 0 Å². The molecule has 1 rings (SSSR count). The van der Waals surface area contributed by atoms with Crippen molar-refractivity contribution in [2.45, 2.75) is 241 Å². The van der Waals surface area contributed by atoms with Crippen molar-refractivity contribution >= 4 is 65.0 Å². The molecule has 25 nitrogen and oxygen atoms in total. The minimum atomic E-state index is -1.66. The molecule has 1 saturated heterocycles. The van der Waals surface area contributed by atoms with Crippen molar-refractivity contribution in [2.24, 2.45) is 41.2 Å². The lowest BCUT2D eigenvalue weighted by Gasteiger charge is -2.41. The first-order chi connectivity index (χ1) is 41.0. The van der Waals surface area contributed by atoms with Gasteiger partial charge in [-0.05, 0) is 115 Å². The largest absolute Gasteiger partial charge is 0.390 e. The van der Waals surface area contributed by atoms with Gasteiger partial charge in [-0.3, -0.25) is 52.7 Å². The molecular formula is C64H116N12O13. The number of nitrogens with two attached hydrogens (primary N) is 1. The van der Waals surface area contributed by atoms with Crippen molar-refractivity contribution in [2.75, 3.05) is 55.9 Å². The summed E-state index contributed by atoms with van der Waals surface area (Å²) in [5.41, 5.74) is 4.51. The molecule has 0 saturated carbocycles. The fourth-order valence-electron chi connectivity index (χ4n) is 11.3. The maximum absolute atomic E-state index is 15.2. The van der Waals surface area contributed by atoms with Gasteiger partial charge in [0.05, 0.1) is 11.7 Å². The molecule has 0 unspecified atom stereocenters. The summed E-state index contributed by atoms with van der Waals surface area (Å²) in [6, 6.07) is -14.5. The number of aliphatic hydroxyl groups is 2. The topological polar surface area (TPSA) is 325 Å². The molecule has 1 fully saturated rings. The van der Waals surface area contributed by atoms with E-state index in [1.165, 1.54) is 96.6 Å². The second-order valence-corrected chi connectivity index (χ2v) is 27.3. The van der Waals surface area contributed by atoms with Crippen LogP contribution in [0.15, 0.2) is 12.2 Å². The Balaban J connectivity index is 4.48. The van der Waals surface area contributed by atoms with E-state index >= 15 is 14.4 Å². The van der Waals surface area contributed by atoms with Gasteiger partial charge in [-0.15, -0.1) is 0 Å². The van der Waals surface area contributed by atoms with Gasteiger partial charge in [0.2, 0.25) is 65.0 Å². The monoisotopic (exact) mass is 1260 g/mol. The summed E-state index contributed by atoms with van der Waals surface area (Å²) in [5, 5.41) is 34.3. The molecular weight excluding hydrogens is 1140 g/mol. The van der Waals surface area contributed by atoms with Crippen LogP contribution >= 0.6 is 0 Å². The highest BCUT2D eigenvalue weighted by Crippen LogP contribution is 2.26. The molecule has 89 heavy (non-hydrogen) atoms. The van der Waals surface area contributed by atoms with Crippen molar-refractivity contribution in [3.05, 3.63) is 12.2 Å². The minimum absolute atomic E-state index is 0.0459. The molecule has 0 aromatic heterocycles. The zero-order chi connectivity index (χ0) is 69.2. The van der Waals surface area contributed by atoms with Crippen LogP contribution in [-0.2, 0) is 52.7 Å². The van der Waals surface area contributed by atoms with Gasteiger partial charge in [0.25, 0.3) is 0 Å². The van der Waals surface area contributed by atoms with Crippen molar-refractivity contribution < 1.29 is 63.0 Å². The summed E-state index contributed by atoms with van der Waals surface area (Å²) in [5.74, 6) is -10.5. The van der Waals surface area contributed by atoms with E-state index in [0.29, 0.717) is 0 Å². The molecule has 25 heteroatoms. The third kappa shape index (κ3) is 22.6. The highest BCUT2D eigenvalue weighted by molar-refractivity contribution is 6.00. The second-order valence-electron chi connectivity index (χ2n) is 27.3. The maximum Gasteiger partial charge on any atom is 0.246 e. The van der Waals surface area contributed by atoms with E-state index < -0.39 is 161 Å². The predicted octanol–water partition coefficient (Wildman–Crippen LogP) is 2.10. The first kappa shape index (κ1) is 80.8. The van der Waals surface area contributed by atoms with Crippen LogP contribution in [0.25, 0.3) is 0 Å². The van der Waals surface area contributed by atoms with Crippen molar-refractivity contribution in [1.29, 1.82) is 0 Å². The number of carbonyl (C=O) groups excluding carboxylic acids is 11. The quantitative estimate of drug-likeness (QED) is 0.103. The number of nitrogens with zero attached hydrogens (tertiary/aromatic N) is 7. The molecule has 8 N–H and O–H groups in total. The Labute approximate surface area is 531 Å². The zero-order valence-electron chi connectivity index (χ0n) is 58.3. The molecule has 11 amide bonds. The number of allylic oxidation sites excluding steroid dienone is 2. The first-order valence-corrected chi connectivity index (χ1v) is 31.8. The Morgan fingerprint density at radius 2 is 0.910 bits per heavy atom. The van der Waals surface area contributed by atoms with Gasteiger partial charge in [-0.1, -0.05) is 95.2 Å². The Bertz CT molecular complexity index is 2450. The number of aliphatic hydroxyl groups excluding tert-OH is 1. The Morgan fingerprint density at radius 1 is 0.494 bits per heavy atom. The van der Waals surface area contributed by atoms with Gasteiger partial charge < -0.3 is 71.5 Å². The molecule has 13 atom stereocenters. The number of nitrogens with one attached hydrogen (secondary N) is 4. The third-order valence-corrected chi connectivity index (χ3v) is 16.8. The summed E-state index contributed by atoms with van der Waals surface area (Å²) < 4.78 is 0. The fraction of sp³-hybridized carbons (Fsp3) is 0.797. The van der Waals surface area contributed by atoms with Gasteiger partial charge in [0.1, 0.15) is 66.5 Å². The SMILES string of the molecule is C/C=C/C[C@@H](C)[C@@H](O)[C@H]1C(=O)N[C@@H](CC)C(=O)N(C)[C@H](CCN)C(=O)N(C)[C@@H](CC(C)(C)O)C(=O)N[C@@H](C(C)C)C(=O)N(C)[C@@H](CC(C)C)C(=O)N[C@@H](C)C(=O)N[C@H](C)C(=O)N(C)[C@@H](CC(C)C)C(=O)N(C)[C@@H](CC(C)C)C(=O)N(C)[C@@H](C(C)C)C(=O)N1C. The minimum Gasteiger partial charge on any atom is -0.390 e. The zero-order valence-corrected chi connectivity index (χ0v) is 58.3. The number of hydrogen-bond acceptors (Lipinski definition) is 14. The second kappa shape index (κ2) is 36.0. The van der Waals surface area contributed by atoms with Gasteiger partial charge in [0, 0.05) is 55.8 Å². The van der Waals surface area contributed by atoms with E-state index in [0.717, 1.165) is 14.7 Å². The van der Waals surface area contributed by atoms with Crippen LogP contribution in [0.5, 0.6) is 0 Å². The molecule has 1 aliphatic rings. The van der Waals surface area contributed by atoms with Crippen LogP contribution in [-0.4, -0.2) is 244 Å². The summed E-state index contributed by atoms with van der Waals surface area (Å²) in [4.78, 5) is 170. The molecule has 0 radical (unpaired) electrons. The lowest BCUT2D eigenvalue weighted by molar-refractivity contribution is -0.157. The third-order valence-electron chi connectivity index (χ3n) is 16.8. The Hall–Kier alpha value is -6.21. The van der Waals surface area contributed by atoms with E-state index in [9.17, 15) is 48.6 Å². The fourth-order valence-corrected chi connectivity index (χ4v) is 11.3. The molecule has 0 aromatic carbocycles. The van der Waals surface area contributed by atoms with E-state index in [4.69, 9.17) is 5.73 Å². The van der Waals surface area contributed by atoms with E-state index in [1.54, 1.807) is 60.6 Å². The number of carbonyl (C=O) groups is 11. The Kier molecular flexibility index (Phi) is 32.7. The molecule has 1 aliphatic heterocycles. The normalized spacial score (nSPS) is 27.2. The lowest BCUT2D eigenvalue weighted by atomic mass is 9.91. The molecule has 0 bridgehead atoms. The van der Waals surface area contributed by atoms with Crippen LogP contribution in [0.3, 0.4) is 0 Å². The van der Waals surface area contributed by atoms with Crippen LogP contribution in [0.4, 0.5) is 0 Å². The van der Waals surface area contributed by atoms with E-state index in [2.05, 4.69) is 21.3 Å². The molecule has 0 aliphatic carbocycles. The van der Waals surface area contributed by atoms with E-state index in [1.807, 2.05) is 41.5 Å². The number of rotatable bonds is 17. The smallest absolute Gasteiger partial charge is 0.246 e. The van der Waals surface area contributed by atoms with E-state index in [-0.39, 0.29) is 69.2 Å². The van der Waals surface area contributed by atoms with Gasteiger partial charge in [-0.25, -0.2) is 0 Å². The van der Waals surface area contributed by atoms with Crippen LogP contribution in [0.1, 0.15) is 163 Å². The lowest BCUT2D eigenvalue weighted by Crippen LogP contribution is -2.64. The van der Waals surface area contributed by atoms with Crippen molar-refractivity contribution in [1.82, 2.24) is 55.6 Å². The van der Waals surface area contributed by atoms with Gasteiger partial charge in [0.15, 0.2) is 0 Å². The van der Waals surface area contributed by atoms with Crippen LogP contribution in [0.2, 0.25) is 0 Å². The molecule has 0 spiro atoms. The highest BCUT2D eigenvalue weighted by atomic mass is 16.3. The average molecular weight is 1260 g/mol. The highest BCUT2D eigenvalue weighted by Gasteiger charge is 2.46. The summed E-state index contributed by atoms with van der Waals surface area (Å²) >= 11 is 0. The average Bonchev–Trinajstić information content (AvgIpc) is 2.33. The summed E-state index contributed by atoms with van der Waals surface area (Å²) in [6.45, 7) is 28.6. The summed E-state index contributed by atoms with van der Waals surface area (Å²) in [6.07, 6.45) is 2.14. The molecule has 510 valence electrons. The van der Waals surface area contributed by atoms with Crippen LogP contribution in [0, 0.1) is 35.5 Å². The van der Waals surface area contributed by atoms with Crippen molar-refractivity contribution in [3.8, 4) is 0 Å². The van der Waals surface area contributed by atoms with Crippen molar-refractivity contribution in [3.63, 3.8) is 0 Å². The number of amides is 11. The van der Waals surface area contributed by atoms with Gasteiger partial charge >= 0.3 is 0 Å². The number of likely N-dealkylation sites (N-methyl/N-ethyl adjacent to an activating group) is 7. The maximum atomic E-state index is 15.2. The predicted molar refractivity (Wildman–Crippen MR) is 342 cm³/mol. The molecule has 1 heterocycles. The summed E-state index contributed by atoms with van der Waals surface area (Å²) in [7, 11) is 9.68. The number of hydrogen-bond donors (Lipinski definition) is 7. The first-order valence-electron chi connectivity index (χ1n) is 31.8. The van der Waals surface area contributed by atoms with Crippen LogP contribution < -0.4 is 27.0 Å². The Morgan fingerprint density at radius 3 is 1.36 bits per heavy atom.